The number of nitrogens with two attached hydrogens (primary N) is 1. The highest BCUT2D eigenvalue weighted by Crippen LogP contribution is 2.22. The number of hydrogen-bond donors (Lipinski definition) is 2. The normalized spacial score (nSPS) is 17.9. The molecule has 1 heterocycles. The molecule has 3 N–H and O–H groups in total. The van der Waals surface area contributed by atoms with Gasteiger partial charge in [0.2, 0.25) is 5.91 Å². The Kier molecular flexibility index (Phi) is 5.21. The zero-order chi connectivity index (χ0) is 16.1. The molecular formula is C15H21N3O4. The number of carbonyl (C=O) groups is 2. The van der Waals surface area contributed by atoms with Crippen molar-refractivity contribution < 1.29 is 19.1 Å². The third-order valence-corrected chi connectivity index (χ3v) is 3.40. The van der Waals surface area contributed by atoms with Crippen molar-refractivity contribution in [3.8, 4) is 5.75 Å². The van der Waals surface area contributed by atoms with Crippen LogP contribution < -0.4 is 15.8 Å². The van der Waals surface area contributed by atoms with Crippen LogP contribution in [0.2, 0.25) is 0 Å². The van der Waals surface area contributed by atoms with E-state index >= 15 is 0 Å². The number of morpholine rings is 1. The largest absolute Gasteiger partial charge is 0.494 e. The molecule has 1 fully saturated rings. The van der Waals surface area contributed by atoms with Crippen LogP contribution in [-0.4, -0.2) is 49.2 Å². The number of nitrogens with one attached hydrogen (secondary N) is 1. The number of nitrogens with zero attached hydrogens (tertiary/aromatic N) is 1. The summed E-state index contributed by atoms with van der Waals surface area (Å²) in [4.78, 5) is 24.9. The number of hydrogen-bond acceptors (Lipinski definition) is 4. The van der Waals surface area contributed by atoms with Crippen molar-refractivity contribution in [3.05, 3.63) is 23.8 Å². The molecule has 1 aliphatic heterocycles. The second-order valence-corrected chi connectivity index (χ2v) is 5.05. The van der Waals surface area contributed by atoms with Gasteiger partial charge in [-0.05, 0) is 37.6 Å². The van der Waals surface area contributed by atoms with Crippen molar-refractivity contribution in [2.24, 2.45) is 5.73 Å². The summed E-state index contributed by atoms with van der Waals surface area (Å²) >= 11 is 0. The molecule has 1 saturated heterocycles. The summed E-state index contributed by atoms with van der Waals surface area (Å²) in [6.07, 6.45) is -0.749. The van der Waals surface area contributed by atoms with Crippen LogP contribution >= 0.6 is 0 Å². The maximum atomic E-state index is 12.2. The fourth-order valence-corrected chi connectivity index (χ4v) is 2.25. The van der Waals surface area contributed by atoms with Crippen LogP contribution in [0.5, 0.6) is 5.75 Å². The summed E-state index contributed by atoms with van der Waals surface area (Å²) in [5, 5.41) is 2.81. The topological polar surface area (TPSA) is 93.9 Å². The fraction of sp³-hybridized carbons (Fsp3) is 0.467. The van der Waals surface area contributed by atoms with E-state index in [-0.39, 0.29) is 12.6 Å². The van der Waals surface area contributed by atoms with Gasteiger partial charge in [0.15, 0.2) is 6.10 Å². The zero-order valence-corrected chi connectivity index (χ0v) is 12.8. The first-order valence-electron chi connectivity index (χ1n) is 7.21. The van der Waals surface area contributed by atoms with E-state index in [1.807, 2.05) is 26.0 Å². The second kappa shape index (κ2) is 7.13. The van der Waals surface area contributed by atoms with Crippen LogP contribution in [0.1, 0.15) is 12.5 Å². The van der Waals surface area contributed by atoms with Crippen molar-refractivity contribution in [2.45, 2.75) is 20.0 Å². The Hall–Kier alpha value is -2.28. The number of rotatable bonds is 4. The second-order valence-electron chi connectivity index (χ2n) is 5.05. The molecule has 22 heavy (non-hydrogen) atoms. The van der Waals surface area contributed by atoms with Gasteiger partial charge >= 0.3 is 6.03 Å². The van der Waals surface area contributed by atoms with E-state index in [9.17, 15) is 9.59 Å². The van der Waals surface area contributed by atoms with Crippen LogP contribution in [0.4, 0.5) is 10.5 Å². The van der Waals surface area contributed by atoms with Gasteiger partial charge in [-0.25, -0.2) is 4.79 Å². The number of urea groups is 1. The van der Waals surface area contributed by atoms with Crippen molar-refractivity contribution in [1.82, 2.24) is 4.90 Å². The molecule has 2 rings (SSSR count). The molecule has 0 aromatic heterocycles. The highest BCUT2D eigenvalue weighted by molar-refractivity contribution is 5.90. The molecule has 1 aromatic carbocycles. The molecule has 7 heteroatoms. The first kappa shape index (κ1) is 16.1. The van der Waals surface area contributed by atoms with E-state index in [0.29, 0.717) is 25.4 Å². The predicted molar refractivity (Wildman–Crippen MR) is 81.9 cm³/mol. The molecular weight excluding hydrogens is 286 g/mol. The van der Waals surface area contributed by atoms with Gasteiger partial charge in [0, 0.05) is 12.2 Å². The molecule has 0 bridgehead atoms. The van der Waals surface area contributed by atoms with Gasteiger partial charge in [0.1, 0.15) is 5.75 Å². The van der Waals surface area contributed by atoms with Crippen molar-refractivity contribution >= 4 is 17.6 Å². The number of ether oxygens (including phenoxy) is 2. The SMILES string of the molecule is CCOc1ccc(NC(=O)N2CCO[C@@H](C(N)=O)C2)cc1C. The Bertz CT molecular complexity index is 562. The Balaban J connectivity index is 1.99. The van der Waals surface area contributed by atoms with Crippen LogP contribution in [0, 0.1) is 6.92 Å². The summed E-state index contributed by atoms with van der Waals surface area (Å²) in [7, 11) is 0. The molecule has 7 nitrogen and oxygen atoms in total. The van der Waals surface area contributed by atoms with E-state index < -0.39 is 12.0 Å². The number of primary amides is 1. The van der Waals surface area contributed by atoms with Crippen LogP contribution in [0.15, 0.2) is 18.2 Å². The van der Waals surface area contributed by atoms with Crippen molar-refractivity contribution in [3.63, 3.8) is 0 Å². The average molecular weight is 307 g/mol. The van der Waals surface area contributed by atoms with E-state index in [0.717, 1.165) is 11.3 Å². The van der Waals surface area contributed by atoms with Crippen LogP contribution in [0.25, 0.3) is 0 Å². The third-order valence-electron chi connectivity index (χ3n) is 3.40. The first-order valence-corrected chi connectivity index (χ1v) is 7.21. The van der Waals surface area contributed by atoms with E-state index in [4.69, 9.17) is 15.2 Å². The molecule has 1 aromatic rings. The van der Waals surface area contributed by atoms with Gasteiger partial charge in [-0.3, -0.25) is 4.79 Å². The Morgan fingerprint density at radius 2 is 2.27 bits per heavy atom. The molecule has 0 aliphatic carbocycles. The summed E-state index contributed by atoms with van der Waals surface area (Å²) in [5.74, 6) is 0.232. The minimum Gasteiger partial charge on any atom is -0.494 e. The summed E-state index contributed by atoms with van der Waals surface area (Å²) in [6, 6.07) is 5.16. The van der Waals surface area contributed by atoms with Gasteiger partial charge in [-0.1, -0.05) is 0 Å². The Labute approximate surface area is 129 Å². The van der Waals surface area contributed by atoms with Crippen molar-refractivity contribution in [1.29, 1.82) is 0 Å². The lowest BCUT2D eigenvalue weighted by atomic mass is 10.2. The zero-order valence-electron chi connectivity index (χ0n) is 12.8. The minimum atomic E-state index is -0.749. The first-order chi connectivity index (χ1) is 10.5. The molecule has 1 atom stereocenters. The lowest BCUT2D eigenvalue weighted by molar-refractivity contribution is -0.133. The van der Waals surface area contributed by atoms with Gasteiger partial charge in [-0.2, -0.15) is 0 Å². The molecule has 0 unspecified atom stereocenters. The minimum absolute atomic E-state index is 0.164. The Morgan fingerprint density at radius 1 is 1.50 bits per heavy atom. The molecule has 0 saturated carbocycles. The lowest BCUT2D eigenvalue weighted by Crippen LogP contribution is -2.51. The number of aryl methyl sites for hydroxylation is 1. The van der Waals surface area contributed by atoms with Crippen molar-refractivity contribution in [2.75, 3.05) is 31.6 Å². The maximum Gasteiger partial charge on any atom is 0.322 e. The van der Waals surface area contributed by atoms with E-state index in [1.165, 1.54) is 4.90 Å². The highest BCUT2D eigenvalue weighted by atomic mass is 16.5. The Morgan fingerprint density at radius 3 is 2.91 bits per heavy atom. The summed E-state index contributed by atoms with van der Waals surface area (Å²) in [6.45, 7) is 5.31. The molecule has 3 amide bonds. The summed E-state index contributed by atoms with van der Waals surface area (Å²) in [5.41, 5.74) is 6.83. The van der Waals surface area contributed by atoms with E-state index in [1.54, 1.807) is 6.07 Å². The fourth-order valence-electron chi connectivity index (χ4n) is 2.25. The summed E-state index contributed by atoms with van der Waals surface area (Å²) < 4.78 is 10.7. The van der Waals surface area contributed by atoms with Gasteiger partial charge in [0.25, 0.3) is 0 Å². The average Bonchev–Trinajstić information content (AvgIpc) is 2.50. The molecule has 0 spiro atoms. The molecule has 120 valence electrons. The maximum absolute atomic E-state index is 12.2. The number of anilines is 1. The van der Waals surface area contributed by atoms with Gasteiger partial charge in [0.05, 0.1) is 19.8 Å². The lowest BCUT2D eigenvalue weighted by Gasteiger charge is -2.31. The van der Waals surface area contributed by atoms with Gasteiger partial charge < -0.3 is 25.4 Å². The molecule has 0 radical (unpaired) electrons. The smallest absolute Gasteiger partial charge is 0.322 e. The van der Waals surface area contributed by atoms with Crippen LogP contribution in [0.3, 0.4) is 0 Å². The number of amides is 3. The van der Waals surface area contributed by atoms with Crippen LogP contribution in [-0.2, 0) is 9.53 Å². The quantitative estimate of drug-likeness (QED) is 0.871. The number of carbonyl (C=O) groups excluding carboxylic acids is 2. The standard InChI is InChI=1S/C15H21N3O4/c1-3-21-12-5-4-11(8-10(12)2)17-15(20)18-6-7-22-13(9-18)14(16)19/h4-5,8,13H,3,6-7,9H2,1-2H3,(H2,16,19)(H,17,20)/t13-/m1/s1. The number of benzene rings is 1. The van der Waals surface area contributed by atoms with Gasteiger partial charge in [-0.15, -0.1) is 0 Å². The molecule has 1 aliphatic rings. The highest BCUT2D eigenvalue weighted by Gasteiger charge is 2.27. The third kappa shape index (κ3) is 3.88. The van der Waals surface area contributed by atoms with E-state index in [2.05, 4.69) is 5.32 Å². The monoisotopic (exact) mass is 307 g/mol. The predicted octanol–water partition coefficient (Wildman–Crippen LogP) is 1.11.